The number of ether oxygens (including phenoxy) is 3. The predicted octanol–water partition coefficient (Wildman–Crippen LogP) is 1.63. The van der Waals surface area contributed by atoms with Gasteiger partial charge in [-0.25, -0.2) is 24.0 Å². The minimum atomic E-state index is -1.26. The lowest BCUT2D eigenvalue weighted by molar-refractivity contribution is -0.140. The Bertz CT molecular complexity index is 1820. The normalized spacial score (nSPS) is 12.8. The second kappa shape index (κ2) is 25.9. The van der Waals surface area contributed by atoms with Gasteiger partial charge in [-0.15, -0.1) is 0 Å². The number of unbranched alkanes of at least 4 members (excludes halogenated alkanes) is 1. The van der Waals surface area contributed by atoms with Gasteiger partial charge in [0.25, 0.3) is 0 Å². The molecule has 2 aromatic heterocycles. The highest BCUT2D eigenvalue weighted by molar-refractivity contribution is 5.90. The van der Waals surface area contributed by atoms with Gasteiger partial charge in [0.15, 0.2) is 11.5 Å². The van der Waals surface area contributed by atoms with Crippen LogP contribution in [0, 0.1) is 0 Å². The fraction of sp³-hybridized carbons (Fsp3) is 0.459. The third-order valence-corrected chi connectivity index (χ3v) is 7.98. The van der Waals surface area contributed by atoms with Gasteiger partial charge < -0.3 is 45.4 Å². The first-order valence-electron chi connectivity index (χ1n) is 18.1. The van der Waals surface area contributed by atoms with Crippen LogP contribution in [0.25, 0.3) is 11.2 Å². The number of fused-ring (bicyclic) bond motifs is 1. The summed E-state index contributed by atoms with van der Waals surface area (Å²) in [6.07, 6.45) is 6.12. The number of carboxylic acids is 4. The van der Waals surface area contributed by atoms with Crippen molar-refractivity contribution in [3.05, 3.63) is 70.2 Å². The Kier molecular flexibility index (Phi) is 21.3. The van der Waals surface area contributed by atoms with Gasteiger partial charge in [-0.3, -0.25) is 19.2 Å². The van der Waals surface area contributed by atoms with E-state index in [2.05, 4.69) is 43.8 Å². The highest BCUT2D eigenvalue weighted by atomic mass is 16.5. The number of nitrogens with two attached hydrogens (primary N) is 1. The van der Waals surface area contributed by atoms with Gasteiger partial charge in [-0.1, -0.05) is 37.6 Å². The summed E-state index contributed by atoms with van der Waals surface area (Å²) in [6.45, 7) is 10.0. The number of aliphatic carboxylic acids is 4. The molecule has 312 valence electrons. The van der Waals surface area contributed by atoms with Crippen molar-refractivity contribution in [1.29, 1.82) is 0 Å². The van der Waals surface area contributed by atoms with Crippen LogP contribution in [0.2, 0.25) is 0 Å². The summed E-state index contributed by atoms with van der Waals surface area (Å²) in [4.78, 5) is 79.1. The number of benzene rings is 1. The van der Waals surface area contributed by atoms with Gasteiger partial charge in [-0.2, -0.15) is 9.97 Å². The van der Waals surface area contributed by atoms with E-state index >= 15 is 0 Å². The summed E-state index contributed by atoms with van der Waals surface area (Å²) in [5.41, 5.74) is 8.81. The maximum absolute atomic E-state index is 12.8. The van der Waals surface area contributed by atoms with Crippen molar-refractivity contribution < 1.29 is 58.6 Å². The van der Waals surface area contributed by atoms with Crippen LogP contribution in [-0.4, -0.2) is 139 Å². The van der Waals surface area contributed by atoms with Crippen LogP contribution >= 0.6 is 0 Å². The molecule has 1 aromatic carbocycles. The average molecular weight is 802 g/mol. The topological polar surface area (TPSA) is 290 Å². The number of H-pyrrole nitrogens is 1. The van der Waals surface area contributed by atoms with Crippen molar-refractivity contribution in [2.75, 3.05) is 65.4 Å². The number of carboxylic acid groups (broad SMARTS) is 4. The lowest BCUT2D eigenvalue weighted by Gasteiger charge is -2.28. The van der Waals surface area contributed by atoms with E-state index in [1.807, 2.05) is 12.1 Å². The number of aromatic amines is 1. The number of imidazole rings is 1. The number of nitrogen functional groups attached to an aromatic ring is 1. The van der Waals surface area contributed by atoms with E-state index < -0.39 is 23.9 Å². The first-order valence-corrected chi connectivity index (χ1v) is 18.1. The molecule has 20 nitrogen and oxygen atoms in total. The van der Waals surface area contributed by atoms with E-state index in [0.717, 1.165) is 89.3 Å². The highest BCUT2D eigenvalue weighted by Gasteiger charge is 2.16. The number of carbonyl (C=O) groups is 5. The first kappa shape index (κ1) is 47.0. The molecular formula is C37H51N7O13. The number of carbonyl (C=O) groups excluding carboxylic acids is 1. The van der Waals surface area contributed by atoms with Gasteiger partial charge in [0, 0.05) is 57.0 Å². The Labute approximate surface area is 328 Å². The van der Waals surface area contributed by atoms with Gasteiger partial charge in [-0.05, 0) is 43.5 Å². The zero-order valence-corrected chi connectivity index (χ0v) is 32.0. The lowest BCUT2D eigenvalue weighted by Crippen LogP contribution is -2.38. The van der Waals surface area contributed by atoms with Crippen molar-refractivity contribution in [1.82, 2.24) is 29.3 Å². The molecule has 0 amide bonds. The Morgan fingerprint density at radius 1 is 0.895 bits per heavy atom. The number of morpholine rings is 1. The van der Waals surface area contributed by atoms with Crippen LogP contribution < -0.4 is 16.2 Å². The van der Waals surface area contributed by atoms with Crippen LogP contribution in [0.15, 0.2) is 53.4 Å². The van der Waals surface area contributed by atoms with E-state index in [-0.39, 0.29) is 29.9 Å². The van der Waals surface area contributed by atoms with Crippen molar-refractivity contribution >= 4 is 46.8 Å². The molecule has 1 fully saturated rings. The molecule has 4 rings (SSSR count). The van der Waals surface area contributed by atoms with Crippen LogP contribution in [0.5, 0.6) is 6.01 Å². The molecular weight excluding hydrogens is 750 g/mol. The molecule has 0 spiro atoms. The molecule has 20 heteroatoms. The maximum Gasteiger partial charge on any atom is 0.328 e. The molecule has 0 bridgehead atoms. The quantitative estimate of drug-likeness (QED) is 0.0538. The van der Waals surface area contributed by atoms with Gasteiger partial charge in [0.1, 0.15) is 5.52 Å². The molecule has 3 aromatic rings. The van der Waals surface area contributed by atoms with Crippen LogP contribution in [-0.2, 0) is 53.0 Å². The molecule has 1 saturated heterocycles. The summed E-state index contributed by atoms with van der Waals surface area (Å²) >= 11 is 0. The van der Waals surface area contributed by atoms with Crippen molar-refractivity contribution in [2.45, 2.75) is 52.1 Å². The number of aryl methyl sites for hydroxylation is 1. The third kappa shape index (κ3) is 19.3. The number of rotatable bonds is 20. The fourth-order valence-electron chi connectivity index (χ4n) is 5.30. The van der Waals surface area contributed by atoms with E-state index in [0.29, 0.717) is 48.6 Å². The number of esters is 1. The average Bonchev–Trinajstić information content (AvgIpc) is 3.49. The number of hydrogen-bond donors (Lipinski definition) is 6. The molecule has 0 saturated carbocycles. The van der Waals surface area contributed by atoms with Gasteiger partial charge in [0.05, 0.1) is 33.4 Å². The molecule has 7 N–H and O–H groups in total. The Hall–Kier alpha value is -6.12. The number of nitrogens with zero attached hydrogens (tertiary/aromatic N) is 5. The smallest absolute Gasteiger partial charge is 0.328 e. The molecule has 0 radical (unpaired) electrons. The number of methoxy groups -OCH3 is 1. The van der Waals surface area contributed by atoms with Crippen molar-refractivity contribution in [3.63, 3.8) is 0 Å². The zero-order chi connectivity index (χ0) is 42.2. The Morgan fingerprint density at radius 3 is 2.04 bits per heavy atom. The molecule has 0 unspecified atom stereocenters. The highest BCUT2D eigenvalue weighted by Crippen LogP contribution is 2.18. The largest absolute Gasteiger partial charge is 0.478 e. The number of hydrogen-bond acceptors (Lipinski definition) is 14. The Morgan fingerprint density at radius 2 is 1.47 bits per heavy atom. The minimum absolute atomic E-state index is 0.188. The van der Waals surface area contributed by atoms with E-state index in [1.165, 1.54) is 7.11 Å². The fourth-order valence-corrected chi connectivity index (χ4v) is 5.30. The monoisotopic (exact) mass is 801 g/mol. The van der Waals surface area contributed by atoms with E-state index in [4.69, 9.17) is 40.4 Å². The Balaban J connectivity index is 0.000000587. The summed E-state index contributed by atoms with van der Waals surface area (Å²) in [7, 11) is 1.40. The second-order valence-electron chi connectivity index (χ2n) is 12.4. The van der Waals surface area contributed by atoms with Crippen molar-refractivity contribution in [2.24, 2.45) is 0 Å². The number of aromatic nitrogens is 4. The SMILES string of the molecule is CCCCOc1nc(N)c2[nH]c(=O)n(CCCN(CCCN3CCOCC3)Cc3cccc(CC(=O)OC)c3)c2n1.O=C(O)/C=C\C(=O)O.O=C(O)/C=C\C(=O)O. The van der Waals surface area contributed by atoms with Crippen LogP contribution in [0.4, 0.5) is 5.82 Å². The summed E-state index contributed by atoms with van der Waals surface area (Å²) in [6, 6.07) is 8.26. The lowest BCUT2D eigenvalue weighted by atomic mass is 10.1. The first-order chi connectivity index (χ1) is 27.2. The van der Waals surface area contributed by atoms with Crippen LogP contribution in [0.3, 0.4) is 0 Å². The molecule has 57 heavy (non-hydrogen) atoms. The molecule has 3 heterocycles. The molecule has 0 aliphatic carbocycles. The third-order valence-electron chi connectivity index (χ3n) is 7.98. The van der Waals surface area contributed by atoms with E-state index in [9.17, 15) is 28.8 Å². The van der Waals surface area contributed by atoms with Gasteiger partial charge in [0.2, 0.25) is 0 Å². The van der Waals surface area contributed by atoms with Gasteiger partial charge >= 0.3 is 41.5 Å². The summed E-state index contributed by atoms with van der Waals surface area (Å²) in [5.74, 6) is -5.08. The summed E-state index contributed by atoms with van der Waals surface area (Å²) < 4.78 is 17.6. The molecule has 1 aliphatic heterocycles. The summed E-state index contributed by atoms with van der Waals surface area (Å²) in [5, 5.41) is 31.2. The second-order valence-corrected chi connectivity index (χ2v) is 12.4. The molecule has 0 atom stereocenters. The zero-order valence-electron chi connectivity index (χ0n) is 32.0. The molecule has 1 aliphatic rings. The van der Waals surface area contributed by atoms with E-state index in [1.54, 1.807) is 4.57 Å². The minimum Gasteiger partial charge on any atom is -0.478 e. The standard InChI is InChI=1S/C29H43N7O5.2C4H4O4/c1-3-4-16-41-28-32-26(30)25-27(33-28)36(29(38)31-25)13-7-12-35(11-6-10-34-14-17-40-18-15-34)21-23-9-5-8-22(19-23)20-24(37)39-2;2*5-3(6)1-2-4(7)8/h5,8-9,19H,3-4,6-7,10-18,20-21H2,1-2H3,(H,31,38)(H2,30,32,33);2*1-2H,(H,5,6)(H,7,8)/b;2*2-1-. The van der Waals surface area contributed by atoms with Crippen LogP contribution in [0.1, 0.15) is 43.7 Å². The maximum atomic E-state index is 12.8. The number of nitrogens with one attached hydrogen (secondary N) is 1. The number of anilines is 1. The van der Waals surface area contributed by atoms with Crippen molar-refractivity contribution in [3.8, 4) is 6.01 Å². The predicted molar refractivity (Wildman–Crippen MR) is 206 cm³/mol.